The second-order valence-corrected chi connectivity index (χ2v) is 9.62. The Morgan fingerprint density at radius 1 is 1.38 bits per heavy atom. The van der Waals surface area contributed by atoms with Crippen LogP contribution in [0.25, 0.3) is 0 Å². The molecule has 0 N–H and O–H groups in total. The van der Waals surface area contributed by atoms with Crippen molar-refractivity contribution < 1.29 is 8.42 Å². The largest absolute Gasteiger partial charge is 0.244 e. The fraction of sp³-hybridized carbons (Fsp3) is 0.733. The molecule has 0 bridgehead atoms. The van der Waals surface area contributed by atoms with Gasteiger partial charge in [0.25, 0.3) is 0 Å². The number of hydrogen-bond acceptors (Lipinski definition) is 3. The van der Waals surface area contributed by atoms with Gasteiger partial charge in [-0.15, -0.1) is 22.9 Å². The zero-order chi connectivity index (χ0) is 15.6. The lowest BCUT2D eigenvalue weighted by Crippen LogP contribution is -2.32. The Balaban J connectivity index is 2.21. The summed E-state index contributed by atoms with van der Waals surface area (Å²) in [5.74, 6) is 1.63. The zero-order valence-corrected chi connectivity index (χ0v) is 15.3. The highest BCUT2D eigenvalue weighted by Crippen LogP contribution is 2.32. The normalized spacial score (nSPS) is 21.7. The average molecular weight is 350 g/mol. The average Bonchev–Trinajstić information content (AvgIpc) is 2.65. The molecule has 0 amide bonds. The van der Waals surface area contributed by atoms with Crippen molar-refractivity contribution >= 4 is 33.0 Å². The Hall–Kier alpha value is -0.100. The number of thiophene rings is 1. The van der Waals surface area contributed by atoms with E-state index in [4.69, 9.17) is 11.6 Å². The molecule has 1 aliphatic rings. The van der Waals surface area contributed by atoms with E-state index in [-0.39, 0.29) is 0 Å². The highest BCUT2D eigenvalue weighted by Gasteiger charge is 2.30. The van der Waals surface area contributed by atoms with Crippen LogP contribution in [0.3, 0.4) is 0 Å². The summed E-state index contributed by atoms with van der Waals surface area (Å²) in [6.07, 6.45) is 3.04. The molecule has 3 nitrogen and oxygen atoms in total. The van der Waals surface area contributed by atoms with Crippen molar-refractivity contribution in [3.05, 3.63) is 15.8 Å². The van der Waals surface area contributed by atoms with E-state index in [0.29, 0.717) is 35.7 Å². The lowest BCUT2D eigenvalue weighted by molar-refractivity contribution is 0.341. The first-order valence-electron chi connectivity index (χ1n) is 7.51. The fourth-order valence-electron chi connectivity index (χ4n) is 2.99. The summed E-state index contributed by atoms with van der Waals surface area (Å²) in [5.41, 5.74) is 0. The lowest BCUT2D eigenvalue weighted by Gasteiger charge is -2.21. The van der Waals surface area contributed by atoms with Crippen molar-refractivity contribution in [1.29, 1.82) is 0 Å². The van der Waals surface area contributed by atoms with Gasteiger partial charge in [-0.3, -0.25) is 0 Å². The Bertz CT molecular complexity index is 580. The van der Waals surface area contributed by atoms with Gasteiger partial charge >= 0.3 is 0 Å². The van der Waals surface area contributed by atoms with Crippen LogP contribution in [0.1, 0.15) is 42.9 Å². The van der Waals surface area contributed by atoms with Crippen LogP contribution in [0.15, 0.2) is 11.0 Å². The standard InChI is InChI=1S/C15H24ClNO2S2/c1-11(2)13-5-4-7-17(8-6-13)21(18,19)15-9-14(10-16)20-12(15)3/h9,11,13H,4-8,10H2,1-3H3. The van der Waals surface area contributed by atoms with E-state index in [1.807, 2.05) is 6.92 Å². The zero-order valence-electron chi connectivity index (χ0n) is 12.9. The van der Waals surface area contributed by atoms with Crippen LogP contribution >= 0.6 is 22.9 Å². The smallest absolute Gasteiger partial charge is 0.207 e. The maximum absolute atomic E-state index is 12.9. The summed E-state index contributed by atoms with van der Waals surface area (Å²) in [7, 11) is -3.37. The number of nitrogens with zero attached hydrogens (tertiary/aromatic N) is 1. The number of rotatable bonds is 4. The van der Waals surface area contributed by atoms with Crippen LogP contribution in [0.5, 0.6) is 0 Å². The number of aryl methyl sites for hydroxylation is 1. The predicted molar refractivity (Wildman–Crippen MR) is 89.6 cm³/mol. The van der Waals surface area contributed by atoms with Crippen LogP contribution in [0.4, 0.5) is 0 Å². The van der Waals surface area contributed by atoms with Gasteiger partial charge in [0.15, 0.2) is 0 Å². The molecule has 1 aromatic rings. The Labute approximate surface area is 137 Å². The van der Waals surface area contributed by atoms with Crippen molar-refractivity contribution in [3.63, 3.8) is 0 Å². The minimum Gasteiger partial charge on any atom is -0.207 e. The van der Waals surface area contributed by atoms with Gasteiger partial charge in [0.1, 0.15) is 0 Å². The van der Waals surface area contributed by atoms with Crippen molar-refractivity contribution in [2.45, 2.75) is 50.8 Å². The van der Waals surface area contributed by atoms with Crippen molar-refractivity contribution in [2.24, 2.45) is 11.8 Å². The van der Waals surface area contributed by atoms with Gasteiger partial charge in [0.2, 0.25) is 10.0 Å². The first-order valence-corrected chi connectivity index (χ1v) is 10.3. The molecular formula is C15H24ClNO2S2. The number of alkyl halides is 1. The van der Waals surface area contributed by atoms with Gasteiger partial charge in [-0.1, -0.05) is 13.8 Å². The summed E-state index contributed by atoms with van der Waals surface area (Å²) in [4.78, 5) is 2.21. The molecule has 1 fully saturated rings. The molecule has 0 aromatic carbocycles. The monoisotopic (exact) mass is 349 g/mol. The number of halogens is 1. The van der Waals surface area contributed by atoms with E-state index in [2.05, 4.69) is 13.8 Å². The summed E-state index contributed by atoms with van der Waals surface area (Å²) in [6.45, 7) is 7.59. The van der Waals surface area contributed by atoms with E-state index in [1.165, 1.54) is 11.3 Å². The van der Waals surface area contributed by atoms with Crippen LogP contribution in [-0.2, 0) is 15.9 Å². The molecule has 21 heavy (non-hydrogen) atoms. The third-order valence-corrected chi connectivity index (χ3v) is 8.00. The van der Waals surface area contributed by atoms with E-state index < -0.39 is 10.0 Å². The van der Waals surface area contributed by atoms with E-state index in [1.54, 1.807) is 10.4 Å². The van der Waals surface area contributed by atoms with Gasteiger partial charge < -0.3 is 0 Å². The molecule has 0 spiro atoms. The summed E-state index contributed by atoms with van der Waals surface area (Å²) >= 11 is 7.31. The first-order chi connectivity index (χ1) is 9.86. The van der Waals surface area contributed by atoms with E-state index in [9.17, 15) is 8.42 Å². The lowest BCUT2D eigenvalue weighted by atomic mass is 9.89. The molecule has 1 saturated heterocycles. The quantitative estimate of drug-likeness (QED) is 0.762. The highest BCUT2D eigenvalue weighted by molar-refractivity contribution is 7.89. The topological polar surface area (TPSA) is 37.4 Å². The predicted octanol–water partition coefficient (Wildman–Crippen LogP) is 4.24. The van der Waals surface area contributed by atoms with Gasteiger partial charge in [-0.25, -0.2) is 8.42 Å². The number of hydrogen-bond donors (Lipinski definition) is 0. The van der Waals surface area contributed by atoms with E-state index >= 15 is 0 Å². The number of sulfonamides is 1. The van der Waals surface area contributed by atoms with Crippen molar-refractivity contribution in [2.75, 3.05) is 13.1 Å². The molecule has 1 unspecified atom stereocenters. The molecule has 0 radical (unpaired) electrons. The molecule has 0 saturated carbocycles. The third kappa shape index (κ3) is 3.81. The van der Waals surface area contributed by atoms with Crippen LogP contribution in [-0.4, -0.2) is 25.8 Å². The molecule has 1 aliphatic heterocycles. The summed E-state index contributed by atoms with van der Waals surface area (Å²) in [5, 5.41) is 0. The fourth-order valence-corrected chi connectivity index (χ4v) is 6.18. The molecule has 1 atom stereocenters. The Morgan fingerprint density at radius 3 is 2.67 bits per heavy atom. The van der Waals surface area contributed by atoms with Gasteiger partial charge in [0, 0.05) is 22.8 Å². The molecule has 6 heteroatoms. The highest BCUT2D eigenvalue weighted by atomic mass is 35.5. The molecular weight excluding hydrogens is 326 g/mol. The van der Waals surface area contributed by atoms with Crippen LogP contribution in [0, 0.1) is 18.8 Å². The van der Waals surface area contributed by atoms with Gasteiger partial charge in [-0.2, -0.15) is 4.31 Å². The van der Waals surface area contributed by atoms with Crippen LogP contribution in [0.2, 0.25) is 0 Å². The molecule has 1 aromatic heterocycles. The second kappa shape index (κ2) is 6.99. The molecule has 2 rings (SSSR count). The maximum atomic E-state index is 12.9. The van der Waals surface area contributed by atoms with E-state index in [0.717, 1.165) is 29.0 Å². The third-order valence-electron chi connectivity index (χ3n) is 4.35. The Kier molecular flexibility index (Phi) is 5.74. The minimum absolute atomic E-state index is 0.371. The summed E-state index contributed by atoms with van der Waals surface area (Å²) < 4.78 is 27.4. The van der Waals surface area contributed by atoms with Crippen LogP contribution < -0.4 is 0 Å². The van der Waals surface area contributed by atoms with Crippen molar-refractivity contribution in [3.8, 4) is 0 Å². The summed E-state index contributed by atoms with van der Waals surface area (Å²) in [6, 6.07) is 1.74. The first kappa shape index (κ1) is 17.3. The second-order valence-electron chi connectivity index (χ2n) is 6.11. The SMILES string of the molecule is Cc1sc(CCl)cc1S(=O)(=O)N1CCCC(C(C)C)CC1. The Morgan fingerprint density at radius 2 is 2.10 bits per heavy atom. The minimum atomic E-state index is -3.37. The maximum Gasteiger partial charge on any atom is 0.244 e. The molecule has 120 valence electrons. The molecule has 0 aliphatic carbocycles. The van der Waals surface area contributed by atoms with Crippen molar-refractivity contribution in [1.82, 2.24) is 4.31 Å². The van der Waals surface area contributed by atoms with Gasteiger partial charge in [0.05, 0.1) is 10.8 Å². The van der Waals surface area contributed by atoms with Gasteiger partial charge in [-0.05, 0) is 44.1 Å². The molecule has 2 heterocycles.